The third-order valence-corrected chi connectivity index (χ3v) is 5.05. The average molecular weight is 298 g/mol. The lowest BCUT2D eigenvalue weighted by Gasteiger charge is -2.20. The Labute approximate surface area is 118 Å². The number of carboxylic acids is 1. The Morgan fingerprint density at radius 3 is 2.40 bits per heavy atom. The summed E-state index contributed by atoms with van der Waals surface area (Å²) in [5.74, 6) is -1.01. The van der Waals surface area contributed by atoms with Crippen LogP contribution in [0.5, 0.6) is 0 Å². The van der Waals surface area contributed by atoms with Gasteiger partial charge in [-0.15, -0.1) is 0 Å². The van der Waals surface area contributed by atoms with Gasteiger partial charge in [0.1, 0.15) is 0 Å². The van der Waals surface area contributed by atoms with E-state index in [0.717, 1.165) is 15.4 Å². The second kappa shape index (κ2) is 5.90. The molecule has 0 aromatic heterocycles. The minimum Gasteiger partial charge on any atom is -0.481 e. The second-order valence-electron chi connectivity index (χ2n) is 4.96. The number of aliphatic carboxylic acids is 1. The van der Waals surface area contributed by atoms with E-state index < -0.39 is 16.2 Å². The molecule has 0 radical (unpaired) electrons. The first-order valence-electron chi connectivity index (χ1n) is 6.40. The lowest BCUT2D eigenvalue weighted by atomic mass is 10.1. The van der Waals surface area contributed by atoms with Crippen LogP contribution in [0, 0.1) is 0 Å². The summed E-state index contributed by atoms with van der Waals surface area (Å²) in [5.41, 5.74) is 2.32. The van der Waals surface area contributed by atoms with Gasteiger partial charge in [0.25, 0.3) is 10.2 Å². The molecule has 0 heterocycles. The first-order chi connectivity index (χ1) is 9.38. The van der Waals surface area contributed by atoms with Crippen molar-refractivity contribution < 1.29 is 18.3 Å². The molecule has 0 amide bonds. The smallest absolute Gasteiger partial charge is 0.304 e. The summed E-state index contributed by atoms with van der Waals surface area (Å²) in [4.78, 5) is 10.5. The molecule has 0 spiro atoms. The number of nitrogens with zero attached hydrogens (tertiary/aromatic N) is 1. The number of benzene rings is 1. The number of carbonyl (C=O) groups is 1. The first kappa shape index (κ1) is 15.0. The zero-order valence-electron chi connectivity index (χ0n) is 11.2. The topological polar surface area (TPSA) is 86.7 Å². The largest absolute Gasteiger partial charge is 0.481 e. The lowest BCUT2D eigenvalue weighted by Crippen LogP contribution is -2.44. The monoisotopic (exact) mass is 298 g/mol. The van der Waals surface area contributed by atoms with Crippen molar-refractivity contribution >= 4 is 16.2 Å². The van der Waals surface area contributed by atoms with Gasteiger partial charge in [0, 0.05) is 19.6 Å². The predicted octanol–water partition coefficient (Wildman–Crippen LogP) is 0.395. The van der Waals surface area contributed by atoms with Gasteiger partial charge in [-0.25, -0.2) is 0 Å². The Morgan fingerprint density at radius 1 is 1.35 bits per heavy atom. The molecule has 0 bridgehead atoms. The summed E-state index contributed by atoms with van der Waals surface area (Å²) < 4.78 is 27.8. The maximum atomic E-state index is 12.1. The van der Waals surface area contributed by atoms with Crippen LogP contribution in [0.1, 0.15) is 17.5 Å². The maximum absolute atomic E-state index is 12.1. The number of rotatable bonds is 6. The molecule has 0 aliphatic heterocycles. The molecule has 6 nitrogen and oxygen atoms in total. The summed E-state index contributed by atoms with van der Waals surface area (Å²) in [6, 6.07) is 7.71. The van der Waals surface area contributed by atoms with E-state index in [2.05, 4.69) is 4.72 Å². The standard InChI is InChI=1S/C13H18N2O4S/c1-15(7-6-13(16)17)20(18,19)14-12-8-10-4-2-3-5-11(10)9-12/h2-5,12,14H,6-9H2,1H3,(H,16,17). The van der Waals surface area contributed by atoms with Crippen molar-refractivity contribution in [1.29, 1.82) is 0 Å². The molecule has 0 unspecified atom stereocenters. The highest BCUT2D eigenvalue weighted by molar-refractivity contribution is 7.87. The van der Waals surface area contributed by atoms with Crippen LogP contribution in [0.4, 0.5) is 0 Å². The zero-order valence-corrected chi connectivity index (χ0v) is 12.1. The first-order valence-corrected chi connectivity index (χ1v) is 7.84. The molecular weight excluding hydrogens is 280 g/mol. The van der Waals surface area contributed by atoms with Gasteiger partial charge < -0.3 is 5.11 Å². The van der Waals surface area contributed by atoms with Crippen molar-refractivity contribution in [3.05, 3.63) is 35.4 Å². The van der Waals surface area contributed by atoms with Crippen molar-refractivity contribution in [2.75, 3.05) is 13.6 Å². The van der Waals surface area contributed by atoms with Gasteiger partial charge in [-0.2, -0.15) is 17.4 Å². The fourth-order valence-corrected chi connectivity index (χ4v) is 3.42. The maximum Gasteiger partial charge on any atom is 0.304 e. The third-order valence-electron chi connectivity index (χ3n) is 3.42. The Kier molecular flexibility index (Phi) is 4.42. The Balaban J connectivity index is 1.95. The van der Waals surface area contributed by atoms with Crippen LogP contribution in [0.15, 0.2) is 24.3 Å². The van der Waals surface area contributed by atoms with Crippen molar-refractivity contribution in [3.8, 4) is 0 Å². The highest BCUT2D eigenvalue weighted by Crippen LogP contribution is 2.22. The van der Waals surface area contributed by atoms with Gasteiger partial charge in [0.05, 0.1) is 6.42 Å². The van der Waals surface area contributed by atoms with Crippen LogP contribution in [0.3, 0.4) is 0 Å². The van der Waals surface area contributed by atoms with Crippen LogP contribution < -0.4 is 4.72 Å². The molecule has 0 fully saturated rings. The molecule has 0 atom stereocenters. The van der Waals surface area contributed by atoms with Crippen LogP contribution in [-0.4, -0.2) is 43.4 Å². The highest BCUT2D eigenvalue weighted by atomic mass is 32.2. The van der Waals surface area contributed by atoms with E-state index in [-0.39, 0.29) is 19.0 Å². The molecule has 1 aliphatic rings. The van der Waals surface area contributed by atoms with E-state index in [1.165, 1.54) is 7.05 Å². The van der Waals surface area contributed by atoms with Gasteiger partial charge >= 0.3 is 5.97 Å². The summed E-state index contributed by atoms with van der Waals surface area (Å²) in [5, 5.41) is 8.59. The molecule has 1 aromatic rings. The molecular formula is C13H18N2O4S. The van der Waals surface area contributed by atoms with E-state index in [0.29, 0.717) is 12.8 Å². The van der Waals surface area contributed by atoms with E-state index in [4.69, 9.17) is 5.11 Å². The highest BCUT2D eigenvalue weighted by Gasteiger charge is 2.27. The van der Waals surface area contributed by atoms with Gasteiger partial charge in [-0.3, -0.25) is 4.79 Å². The summed E-state index contributed by atoms with van der Waals surface area (Å²) in [6.45, 7) is -0.0374. The Bertz CT molecular complexity index is 575. The van der Waals surface area contributed by atoms with Crippen molar-refractivity contribution in [2.24, 2.45) is 0 Å². The fourth-order valence-electron chi connectivity index (χ4n) is 2.32. The van der Waals surface area contributed by atoms with Gasteiger partial charge in [0.15, 0.2) is 0 Å². The number of carboxylic acid groups (broad SMARTS) is 1. The normalized spacial score (nSPS) is 15.5. The molecule has 2 rings (SSSR count). The van der Waals surface area contributed by atoms with Gasteiger partial charge in [0.2, 0.25) is 0 Å². The van der Waals surface area contributed by atoms with Gasteiger partial charge in [-0.1, -0.05) is 24.3 Å². The van der Waals surface area contributed by atoms with E-state index in [1.807, 2.05) is 24.3 Å². The Morgan fingerprint density at radius 2 is 1.90 bits per heavy atom. The summed E-state index contributed by atoms with van der Waals surface area (Å²) >= 11 is 0. The minimum atomic E-state index is -3.64. The number of fused-ring (bicyclic) bond motifs is 1. The van der Waals surface area contributed by atoms with E-state index in [1.54, 1.807) is 0 Å². The second-order valence-corrected chi connectivity index (χ2v) is 6.77. The molecule has 110 valence electrons. The minimum absolute atomic E-state index is 0.0374. The Hall–Kier alpha value is -1.44. The zero-order chi connectivity index (χ0) is 14.8. The van der Waals surface area contributed by atoms with E-state index in [9.17, 15) is 13.2 Å². The number of nitrogens with one attached hydrogen (secondary N) is 1. The molecule has 7 heteroatoms. The van der Waals surface area contributed by atoms with Crippen LogP contribution in [-0.2, 0) is 27.8 Å². The quantitative estimate of drug-likeness (QED) is 0.795. The lowest BCUT2D eigenvalue weighted by molar-refractivity contribution is -0.137. The summed E-state index contributed by atoms with van der Waals surface area (Å²) in [6.07, 6.45) is 1.13. The summed E-state index contributed by atoms with van der Waals surface area (Å²) in [7, 11) is -2.25. The predicted molar refractivity (Wildman–Crippen MR) is 74.6 cm³/mol. The number of hydrogen-bond donors (Lipinski definition) is 2. The molecule has 1 aliphatic carbocycles. The molecule has 1 aromatic carbocycles. The van der Waals surface area contributed by atoms with Crippen molar-refractivity contribution in [1.82, 2.24) is 9.03 Å². The third kappa shape index (κ3) is 3.56. The fraction of sp³-hybridized carbons (Fsp3) is 0.462. The molecule has 0 saturated heterocycles. The van der Waals surface area contributed by atoms with Crippen LogP contribution in [0.2, 0.25) is 0 Å². The molecule has 0 saturated carbocycles. The SMILES string of the molecule is CN(CCC(=O)O)S(=O)(=O)NC1Cc2ccccc2C1. The molecule has 2 N–H and O–H groups in total. The van der Waals surface area contributed by atoms with Crippen molar-refractivity contribution in [3.63, 3.8) is 0 Å². The average Bonchev–Trinajstić information content (AvgIpc) is 2.76. The van der Waals surface area contributed by atoms with Gasteiger partial charge in [-0.05, 0) is 24.0 Å². The van der Waals surface area contributed by atoms with Crippen LogP contribution in [0.25, 0.3) is 0 Å². The van der Waals surface area contributed by atoms with Crippen molar-refractivity contribution in [2.45, 2.75) is 25.3 Å². The van der Waals surface area contributed by atoms with E-state index >= 15 is 0 Å². The number of hydrogen-bond acceptors (Lipinski definition) is 3. The van der Waals surface area contributed by atoms with Crippen LogP contribution >= 0.6 is 0 Å². The molecule has 20 heavy (non-hydrogen) atoms.